The number of rotatable bonds is 20. The summed E-state index contributed by atoms with van der Waals surface area (Å²) in [6, 6.07) is 7.97. The number of nitrogens with one attached hydrogen (secondary N) is 2. The second-order valence-electron chi connectivity index (χ2n) is 7.22. The van der Waals surface area contributed by atoms with Gasteiger partial charge in [0.05, 0.1) is 39.6 Å². The third-order valence-corrected chi connectivity index (χ3v) is 4.03. The van der Waals surface area contributed by atoms with Gasteiger partial charge in [-0.05, 0) is 25.0 Å². The van der Waals surface area contributed by atoms with Gasteiger partial charge in [-0.15, -0.1) is 0 Å². The lowest BCUT2D eigenvalue weighted by molar-refractivity contribution is -0.141. The zero-order chi connectivity index (χ0) is 25.0. The monoisotopic (exact) mass is 480 g/mol. The number of hydroxylamine groups is 2. The molecular weight excluding hydrogens is 444 g/mol. The van der Waals surface area contributed by atoms with Gasteiger partial charge < -0.3 is 18.9 Å². The first-order valence-corrected chi connectivity index (χ1v) is 11.0. The number of hydrogen-bond acceptors (Lipinski definition) is 10. The molecule has 10 nitrogen and oxygen atoms in total. The summed E-state index contributed by atoms with van der Waals surface area (Å²) in [5.41, 5.74) is 8.61. The van der Waals surface area contributed by atoms with Crippen LogP contribution in [0.5, 0.6) is 0 Å². The van der Waals surface area contributed by atoms with E-state index in [2.05, 4.69) is 24.1 Å². The Morgan fingerprint density at radius 1 is 0.706 bits per heavy atom. The topological polar surface area (TPSA) is 114 Å². The van der Waals surface area contributed by atoms with Gasteiger partial charge in [-0.25, -0.2) is 9.59 Å². The molecule has 0 atom stereocenters. The van der Waals surface area contributed by atoms with Crippen LogP contribution in [0.25, 0.3) is 0 Å². The van der Waals surface area contributed by atoms with Crippen molar-refractivity contribution in [2.45, 2.75) is 26.9 Å². The van der Waals surface area contributed by atoms with Crippen LogP contribution in [-0.2, 0) is 51.3 Å². The average molecular weight is 481 g/mol. The number of esters is 2. The molecule has 0 fully saturated rings. The van der Waals surface area contributed by atoms with Gasteiger partial charge in [-0.1, -0.05) is 37.4 Å². The highest BCUT2D eigenvalue weighted by Gasteiger charge is 2.03. The summed E-state index contributed by atoms with van der Waals surface area (Å²) in [6.07, 6.45) is 0. The summed E-state index contributed by atoms with van der Waals surface area (Å²) < 4.78 is 20.5. The number of benzene rings is 1. The van der Waals surface area contributed by atoms with Gasteiger partial charge in [0.15, 0.2) is 0 Å². The Hall–Kier alpha value is -2.60. The molecule has 0 amide bonds. The van der Waals surface area contributed by atoms with Crippen molar-refractivity contribution >= 4 is 11.9 Å². The molecule has 34 heavy (non-hydrogen) atoms. The van der Waals surface area contributed by atoms with E-state index in [4.69, 9.17) is 28.6 Å². The Morgan fingerprint density at radius 2 is 1.12 bits per heavy atom. The number of carbonyl (C=O) groups excluding carboxylic acids is 2. The summed E-state index contributed by atoms with van der Waals surface area (Å²) in [6.45, 7) is 13.7. The Bertz CT molecular complexity index is 710. The van der Waals surface area contributed by atoms with Crippen molar-refractivity contribution in [2.24, 2.45) is 0 Å². The minimum atomic E-state index is -0.421. The van der Waals surface area contributed by atoms with Crippen LogP contribution in [-0.4, -0.2) is 64.8 Å². The second kappa shape index (κ2) is 18.8. The first-order chi connectivity index (χ1) is 16.4. The second-order valence-corrected chi connectivity index (χ2v) is 7.22. The fourth-order valence-corrected chi connectivity index (χ4v) is 2.30. The normalized spacial score (nSPS) is 10.6. The van der Waals surface area contributed by atoms with Gasteiger partial charge in [-0.2, -0.15) is 11.0 Å². The van der Waals surface area contributed by atoms with E-state index in [0.29, 0.717) is 63.9 Å². The molecule has 10 heteroatoms. The van der Waals surface area contributed by atoms with E-state index in [-0.39, 0.29) is 13.2 Å². The number of carbonyl (C=O) groups is 2. The lowest BCUT2D eigenvalue weighted by atomic mass is 10.1. The lowest BCUT2D eigenvalue weighted by Gasteiger charge is -2.10. The van der Waals surface area contributed by atoms with Crippen molar-refractivity contribution in [1.29, 1.82) is 0 Å². The average Bonchev–Trinajstić information content (AvgIpc) is 2.81. The molecule has 0 saturated heterocycles. The van der Waals surface area contributed by atoms with Gasteiger partial charge >= 0.3 is 11.9 Å². The van der Waals surface area contributed by atoms with Gasteiger partial charge in [0.2, 0.25) is 0 Å². The van der Waals surface area contributed by atoms with E-state index in [1.807, 2.05) is 24.3 Å². The van der Waals surface area contributed by atoms with Crippen molar-refractivity contribution in [3.8, 4) is 0 Å². The fourth-order valence-electron chi connectivity index (χ4n) is 2.30. The molecule has 1 rings (SSSR count). The summed E-state index contributed by atoms with van der Waals surface area (Å²) in [5, 5.41) is 0. The van der Waals surface area contributed by atoms with Crippen LogP contribution in [0.4, 0.5) is 0 Å². The predicted octanol–water partition coefficient (Wildman–Crippen LogP) is 2.00. The fraction of sp³-hybridized carbons (Fsp3) is 0.500. The Kier molecular flexibility index (Phi) is 16.3. The summed E-state index contributed by atoms with van der Waals surface area (Å²) in [5.74, 6) is -0.842. The first kappa shape index (κ1) is 29.4. The summed E-state index contributed by atoms with van der Waals surface area (Å²) >= 11 is 0. The third-order valence-electron chi connectivity index (χ3n) is 4.03. The standard InChI is InChI=1S/C24H36N2O8/c1-19(2)23(27)31-12-8-29-10-14-33-25-17-21-6-5-7-22(16-21)18-26-34-15-11-30-9-13-32-24(28)20(3)4/h5-7,16,25-26H,1,3,8-15,17-18H2,2,4H3. The molecular formula is C24H36N2O8. The minimum Gasteiger partial charge on any atom is -0.460 e. The maximum atomic E-state index is 11.2. The van der Waals surface area contributed by atoms with E-state index >= 15 is 0 Å². The largest absolute Gasteiger partial charge is 0.460 e. The molecule has 1 aromatic carbocycles. The van der Waals surface area contributed by atoms with Crippen molar-refractivity contribution in [1.82, 2.24) is 11.0 Å². The van der Waals surface area contributed by atoms with Crippen LogP contribution in [0.3, 0.4) is 0 Å². The third kappa shape index (κ3) is 15.3. The molecule has 0 saturated carbocycles. The van der Waals surface area contributed by atoms with Gasteiger partial charge in [-0.3, -0.25) is 9.68 Å². The Labute approximate surface area is 201 Å². The SMILES string of the molecule is C=C(C)C(=O)OCCOCCONCc1cccc(CNOCCOCCOC(=O)C(=C)C)c1. The van der Waals surface area contributed by atoms with Crippen LogP contribution in [0.15, 0.2) is 48.6 Å². The van der Waals surface area contributed by atoms with Crippen LogP contribution in [0.1, 0.15) is 25.0 Å². The molecule has 0 aromatic heterocycles. The number of hydrogen-bond donors (Lipinski definition) is 2. The zero-order valence-electron chi connectivity index (χ0n) is 20.1. The molecule has 0 aliphatic heterocycles. The molecule has 1 aromatic rings. The highest BCUT2D eigenvalue weighted by Crippen LogP contribution is 2.05. The van der Waals surface area contributed by atoms with E-state index in [9.17, 15) is 9.59 Å². The smallest absolute Gasteiger partial charge is 0.333 e. The van der Waals surface area contributed by atoms with Gasteiger partial charge in [0.25, 0.3) is 0 Å². The molecule has 0 spiro atoms. The Morgan fingerprint density at radius 3 is 1.53 bits per heavy atom. The molecule has 190 valence electrons. The molecule has 0 heterocycles. The van der Waals surface area contributed by atoms with Gasteiger partial charge in [0, 0.05) is 24.2 Å². The Balaban J connectivity index is 2.01. The first-order valence-electron chi connectivity index (χ1n) is 11.0. The van der Waals surface area contributed by atoms with Crippen LogP contribution in [0.2, 0.25) is 0 Å². The zero-order valence-corrected chi connectivity index (χ0v) is 20.1. The highest BCUT2D eigenvalue weighted by molar-refractivity contribution is 5.87. The molecule has 0 aliphatic rings. The molecule has 0 unspecified atom stereocenters. The van der Waals surface area contributed by atoms with Crippen LogP contribution < -0.4 is 11.0 Å². The minimum absolute atomic E-state index is 0.184. The highest BCUT2D eigenvalue weighted by atomic mass is 16.7. The van der Waals surface area contributed by atoms with Crippen molar-refractivity contribution in [3.63, 3.8) is 0 Å². The maximum absolute atomic E-state index is 11.2. The van der Waals surface area contributed by atoms with Crippen molar-refractivity contribution in [3.05, 3.63) is 59.7 Å². The maximum Gasteiger partial charge on any atom is 0.333 e. The van der Waals surface area contributed by atoms with Crippen molar-refractivity contribution in [2.75, 3.05) is 52.9 Å². The van der Waals surface area contributed by atoms with Crippen molar-refractivity contribution < 1.29 is 38.2 Å². The van der Waals surface area contributed by atoms with E-state index < -0.39 is 11.9 Å². The number of ether oxygens (including phenoxy) is 4. The van der Waals surface area contributed by atoms with Crippen LogP contribution >= 0.6 is 0 Å². The quantitative estimate of drug-likeness (QED) is 0.124. The molecule has 0 bridgehead atoms. The van der Waals surface area contributed by atoms with Gasteiger partial charge in [0.1, 0.15) is 13.2 Å². The predicted molar refractivity (Wildman–Crippen MR) is 125 cm³/mol. The molecule has 0 aliphatic carbocycles. The van der Waals surface area contributed by atoms with E-state index in [1.165, 1.54) is 0 Å². The van der Waals surface area contributed by atoms with Crippen LogP contribution in [0, 0.1) is 0 Å². The summed E-state index contributed by atoms with van der Waals surface area (Å²) in [4.78, 5) is 33.1. The molecule has 2 N–H and O–H groups in total. The lowest BCUT2D eigenvalue weighted by Crippen LogP contribution is -2.20. The molecule has 0 radical (unpaired) electrons. The van der Waals surface area contributed by atoms with E-state index in [0.717, 1.165) is 11.1 Å². The summed E-state index contributed by atoms with van der Waals surface area (Å²) in [7, 11) is 0. The van der Waals surface area contributed by atoms with E-state index in [1.54, 1.807) is 13.8 Å².